The molecular weight excluding hydrogens is 234 g/mol. The fourth-order valence-electron chi connectivity index (χ4n) is 2.52. The van der Waals surface area contributed by atoms with E-state index in [9.17, 15) is 0 Å². The Kier molecular flexibility index (Phi) is 4.46. The van der Waals surface area contributed by atoms with Gasteiger partial charge in [-0.05, 0) is 37.8 Å². The first kappa shape index (κ1) is 12.9. The van der Waals surface area contributed by atoms with Crippen LogP contribution in [0.2, 0.25) is 0 Å². The van der Waals surface area contributed by atoms with Crippen LogP contribution in [0, 0.1) is 5.92 Å². The van der Waals surface area contributed by atoms with Crippen LogP contribution in [-0.4, -0.2) is 21.7 Å². The zero-order valence-corrected chi connectivity index (χ0v) is 11.5. The van der Waals surface area contributed by atoms with Crippen molar-refractivity contribution in [3.05, 3.63) is 17.5 Å². The van der Waals surface area contributed by atoms with E-state index in [1.54, 1.807) is 0 Å². The van der Waals surface area contributed by atoms with E-state index < -0.39 is 0 Å². The summed E-state index contributed by atoms with van der Waals surface area (Å²) in [5.41, 5.74) is 2.42. The van der Waals surface area contributed by atoms with Crippen molar-refractivity contribution in [3.63, 3.8) is 0 Å². The van der Waals surface area contributed by atoms with Crippen LogP contribution in [0.25, 0.3) is 0 Å². The molecule has 0 radical (unpaired) electrons. The Balaban J connectivity index is 1.79. The van der Waals surface area contributed by atoms with Crippen LogP contribution < -0.4 is 5.32 Å². The molecule has 1 fully saturated rings. The second kappa shape index (κ2) is 5.87. The molecule has 0 spiro atoms. The number of aromatic nitrogens is 2. The molecule has 1 aliphatic rings. The molecule has 1 N–H and O–H groups in total. The smallest absolute Gasteiger partial charge is 0.0625 e. The lowest BCUT2D eigenvalue weighted by Crippen LogP contribution is -2.26. The van der Waals surface area contributed by atoms with Gasteiger partial charge in [0.25, 0.3) is 0 Å². The SMILES string of the molecule is CCc1cc(CNCC2CCCC2Cl)n(C)n1. The molecule has 0 aromatic carbocycles. The summed E-state index contributed by atoms with van der Waals surface area (Å²) in [5.74, 6) is 0.649. The van der Waals surface area contributed by atoms with E-state index in [4.69, 9.17) is 11.6 Å². The topological polar surface area (TPSA) is 29.9 Å². The van der Waals surface area contributed by atoms with Gasteiger partial charge < -0.3 is 5.32 Å². The Bertz CT molecular complexity index is 362. The minimum absolute atomic E-state index is 0.375. The van der Waals surface area contributed by atoms with Crippen molar-refractivity contribution >= 4 is 11.6 Å². The average Bonchev–Trinajstić information content (AvgIpc) is 2.87. The molecule has 3 nitrogen and oxygen atoms in total. The number of hydrogen-bond acceptors (Lipinski definition) is 2. The van der Waals surface area contributed by atoms with Gasteiger partial charge in [-0.15, -0.1) is 11.6 Å². The summed E-state index contributed by atoms with van der Waals surface area (Å²) in [6.45, 7) is 4.06. The van der Waals surface area contributed by atoms with Crippen LogP contribution in [0.3, 0.4) is 0 Å². The van der Waals surface area contributed by atoms with Gasteiger partial charge in [0.15, 0.2) is 0 Å². The third-order valence-corrected chi connectivity index (χ3v) is 4.24. The maximum absolute atomic E-state index is 6.26. The Labute approximate surface area is 109 Å². The summed E-state index contributed by atoms with van der Waals surface area (Å²) in [7, 11) is 2.01. The number of nitrogens with zero attached hydrogens (tertiary/aromatic N) is 2. The maximum atomic E-state index is 6.26. The minimum Gasteiger partial charge on any atom is -0.311 e. The molecule has 4 heteroatoms. The summed E-state index contributed by atoms with van der Waals surface area (Å²) in [6, 6.07) is 2.18. The van der Waals surface area contributed by atoms with Crippen molar-refractivity contribution in [2.75, 3.05) is 6.54 Å². The first-order valence-corrected chi connectivity index (χ1v) is 7.01. The lowest BCUT2D eigenvalue weighted by Gasteiger charge is -2.14. The van der Waals surface area contributed by atoms with Crippen LogP contribution in [0.4, 0.5) is 0 Å². The molecule has 1 saturated carbocycles. The van der Waals surface area contributed by atoms with Crippen molar-refractivity contribution in [1.29, 1.82) is 0 Å². The molecule has 2 rings (SSSR count). The molecule has 2 unspecified atom stereocenters. The predicted octanol–water partition coefficient (Wildman–Crippen LogP) is 2.48. The van der Waals surface area contributed by atoms with E-state index in [-0.39, 0.29) is 0 Å². The largest absolute Gasteiger partial charge is 0.311 e. The van der Waals surface area contributed by atoms with Gasteiger partial charge in [-0.25, -0.2) is 0 Å². The zero-order valence-electron chi connectivity index (χ0n) is 10.7. The van der Waals surface area contributed by atoms with Crippen molar-refractivity contribution in [2.45, 2.75) is 44.5 Å². The molecule has 0 bridgehead atoms. The van der Waals surface area contributed by atoms with Crippen molar-refractivity contribution in [3.8, 4) is 0 Å². The standard InChI is InChI=1S/C13H22ClN3/c1-3-11-7-12(17(2)16-11)9-15-8-10-5-4-6-13(10)14/h7,10,13,15H,3-6,8-9H2,1-2H3. The van der Waals surface area contributed by atoms with Gasteiger partial charge in [0.05, 0.1) is 11.4 Å². The van der Waals surface area contributed by atoms with Crippen molar-refractivity contribution in [2.24, 2.45) is 13.0 Å². The highest BCUT2D eigenvalue weighted by Crippen LogP contribution is 2.29. The molecule has 0 saturated heterocycles. The Morgan fingerprint density at radius 3 is 2.94 bits per heavy atom. The highest BCUT2D eigenvalue weighted by atomic mass is 35.5. The van der Waals surface area contributed by atoms with Crippen LogP contribution in [0.15, 0.2) is 6.07 Å². The maximum Gasteiger partial charge on any atom is 0.0625 e. The first-order valence-electron chi connectivity index (χ1n) is 6.57. The second-order valence-electron chi connectivity index (χ2n) is 4.94. The van der Waals surface area contributed by atoms with E-state index >= 15 is 0 Å². The number of rotatable bonds is 5. The normalized spacial score (nSPS) is 24.4. The van der Waals surface area contributed by atoms with Crippen LogP contribution >= 0.6 is 11.6 Å². The lowest BCUT2D eigenvalue weighted by atomic mass is 10.1. The van der Waals surface area contributed by atoms with Crippen molar-refractivity contribution in [1.82, 2.24) is 15.1 Å². The predicted molar refractivity (Wildman–Crippen MR) is 71.3 cm³/mol. The number of halogens is 1. The number of hydrogen-bond donors (Lipinski definition) is 1. The molecule has 0 aliphatic heterocycles. The summed E-state index contributed by atoms with van der Waals surface area (Å²) >= 11 is 6.26. The van der Waals surface area contributed by atoms with Gasteiger partial charge in [-0.1, -0.05) is 13.3 Å². The van der Waals surface area contributed by atoms with E-state index in [0.717, 1.165) is 19.5 Å². The first-order chi connectivity index (χ1) is 8.20. The van der Waals surface area contributed by atoms with Crippen LogP contribution in [0.5, 0.6) is 0 Å². The molecule has 96 valence electrons. The Morgan fingerprint density at radius 1 is 1.53 bits per heavy atom. The van der Waals surface area contributed by atoms with E-state index in [0.29, 0.717) is 11.3 Å². The number of alkyl halides is 1. The highest BCUT2D eigenvalue weighted by Gasteiger charge is 2.24. The second-order valence-corrected chi connectivity index (χ2v) is 5.50. The van der Waals surface area contributed by atoms with Gasteiger partial charge >= 0.3 is 0 Å². The molecule has 1 aliphatic carbocycles. The zero-order chi connectivity index (χ0) is 12.3. The third kappa shape index (κ3) is 3.23. The summed E-state index contributed by atoms with van der Waals surface area (Å²) in [4.78, 5) is 0. The minimum atomic E-state index is 0.375. The van der Waals surface area contributed by atoms with Gasteiger partial charge in [0, 0.05) is 19.0 Å². The quantitative estimate of drug-likeness (QED) is 0.820. The van der Waals surface area contributed by atoms with Gasteiger partial charge in [0.2, 0.25) is 0 Å². The molecule has 2 atom stereocenters. The van der Waals surface area contributed by atoms with Crippen LogP contribution in [-0.2, 0) is 20.0 Å². The fourth-order valence-corrected chi connectivity index (χ4v) is 2.89. The Hall–Kier alpha value is -0.540. The molecule has 0 amide bonds. The molecule has 1 aromatic rings. The lowest BCUT2D eigenvalue weighted by molar-refractivity contribution is 0.485. The van der Waals surface area contributed by atoms with Gasteiger partial charge in [-0.3, -0.25) is 4.68 Å². The van der Waals surface area contributed by atoms with Gasteiger partial charge in [0.1, 0.15) is 0 Å². The third-order valence-electron chi connectivity index (χ3n) is 3.67. The average molecular weight is 256 g/mol. The summed E-state index contributed by atoms with van der Waals surface area (Å²) in [5, 5.41) is 8.33. The fraction of sp³-hybridized carbons (Fsp3) is 0.769. The van der Waals surface area contributed by atoms with Crippen LogP contribution in [0.1, 0.15) is 37.6 Å². The van der Waals surface area contributed by atoms with E-state index in [1.165, 1.54) is 30.7 Å². The monoisotopic (exact) mass is 255 g/mol. The van der Waals surface area contributed by atoms with Crippen molar-refractivity contribution < 1.29 is 0 Å². The van der Waals surface area contributed by atoms with E-state index in [2.05, 4.69) is 23.4 Å². The number of nitrogens with one attached hydrogen (secondary N) is 1. The van der Waals surface area contributed by atoms with Gasteiger partial charge in [-0.2, -0.15) is 5.10 Å². The molecule has 17 heavy (non-hydrogen) atoms. The highest BCUT2D eigenvalue weighted by molar-refractivity contribution is 6.20. The molecular formula is C13H22ClN3. The molecule has 1 aromatic heterocycles. The Morgan fingerprint density at radius 2 is 2.35 bits per heavy atom. The summed E-state index contributed by atoms with van der Waals surface area (Å²) < 4.78 is 1.97. The molecule has 1 heterocycles. The number of aryl methyl sites for hydroxylation is 2. The van der Waals surface area contributed by atoms with E-state index in [1.807, 2.05) is 11.7 Å². The summed E-state index contributed by atoms with van der Waals surface area (Å²) in [6.07, 6.45) is 4.73.